The fourth-order valence-electron chi connectivity index (χ4n) is 2.09. The molecule has 0 spiro atoms. The summed E-state index contributed by atoms with van der Waals surface area (Å²) < 4.78 is 6.36. The molecule has 0 fully saturated rings. The molecule has 6 heteroatoms. The lowest BCUT2D eigenvalue weighted by molar-refractivity contribution is -0.117. The fourth-order valence-corrected chi connectivity index (χ4v) is 2.09. The van der Waals surface area contributed by atoms with E-state index in [2.05, 4.69) is 10.4 Å². The summed E-state index contributed by atoms with van der Waals surface area (Å²) in [4.78, 5) is 23.9. The van der Waals surface area contributed by atoms with Crippen LogP contribution in [0.5, 0.6) is 0 Å². The van der Waals surface area contributed by atoms with E-state index in [0.717, 1.165) is 10.2 Å². The van der Waals surface area contributed by atoms with Gasteiger partial charge in [0.15, 0.2) is 5.76 Å². The highest BCUT2D eigenvalue weighted by Crippen LogP contribution is 2.15. The lowest BCUT2D eigenvalue weighted by Gasteiger charge is -2.07. The number of aromatic nitrogens is 2. The highest BCUT2D eigenvalue weighted by Gasteiger charge is 2.09. The molecule has 0 saturated carbocycles. The molecule has 0 aliphatic heterocycles. The van der Waals surface area contributed by atoms with Gasteiger partial charge in [-0.2, -0.15) is 5.10 Å². The highest BCUT2D eigenvalue weighted by molar-refractivity contribution is 5.90. The second-order valence-corrected chi connectivity index (χ2v) is 5.11. The van der Waals surface area contributed by atoms with E-state index < -0.39 is 0 Å². The van der Waals surface area contributed by atoms with Crippen molar-refractivity contribution in [1.82, 2.24) is 9.78 Å². The van der Waals surface area contributed by atoms with Crippen LogP contribution in [0.1, 0.15) is 5.56 Å². The van der Waals surface area contributed by atoms with Crippen LogP contribution in [0.4, 0.5) is 5.69 Å². The average molecular weight is 309 g/mol. The smallest absolute Gasteiger partial charge is 0.267 e. The van der Waals surface area contributed by atoms with Gasteiger partial charge in [0.1, 0.15) is 12.2 Å². The summed E-state index contributed by atoms with van der Waals surface area (Å²) in [5.74, 6) is 0.220. The molecule has 0 saturated heterocycles. The maximum Gasteiger partial charge on any atom is 0.267 e. The number of furan rings is 1. The van der Waals surface area contributed by atoms with Gasteiger partial charge in [0.25, 0.3) is 5.56 Å². The first-order valence-electron chi connectivity index (χ1n) is 7.10. The number of rotatable bonds is 4. The molecule has 0 aliphatic rings. The van der Waals surface area contributed by atoms with Crippen LogP contribution in [0.2, 0.25) is 0 Å². The summed E-state index contributed by atoms with van der Waals surface area (Å²) in [7, 11) is 0. The molecule has 3 aromatic rings. The Labute approximate surface area is 132 Å². The van der Waals surface area contributed by atoms with Crippen LogP contribution in [-0.2, 0) is 11.3 Å². The van der Waals surface area contributed by atoms with Crippen molar-refractivity contribution in [3.63, 3.8) is 0 Å². The monoisotopic (exact) mass is 309 g/mol. The van der Waals surface area contributed by atoms with E-state index in [-0.39, 0.29) is 18.0 Å². The highest BCUT2D eigenvalue weighted by atomic mass is 16.3. The minimum Gasteiger partial charge on any atom is -0.463 e. The Balaban J connectivity index is 1.76. The number of aryl methyl sites for hydroxylation is 1. The van der Waals surface area contributed by atoms with Crippen molar-refractivity contribution in [3.8, 4) is 11.5 Å². The molecule has 2 heterocycles. The zero-order valence-electron chi connectivity index (χ0n) is 12.5. The number of hydrogen-bond donors (Lipinski definition) is 1. The number of carbonyl (C=O) groups is 1. The van der Waals surface area contributed by atoms with E-state index in [9.17, 15) is 9.59 Å². The number of nitrogens with zero attached hydrogens (tertiary/aromatic N) is 2. The molecule has 0 atom stereocenters. The Kier molecular flexibility index (Phi) is 4.05. The molecular formula is C17H15N3O3. The first kappa shape index (κ1) is 14.8. The molecular weight excluding hydrogens is 294 g/mol. The molecule has 2 aromatic heterocycles. The Morgan fingerprint density at radius 1 is 1.17 bits per heavy atom. The van der Waals surface area contributed by atoms with Crippen LogP contribution < -0.4 is 10.9 Å². The van der Waals surface area contributed by atoms with E-state index in [1.54, 1.807) is 18.2 Å². The predicted molar refractivity (Wildman–Crippen MR) is 86.0 cm³/mol. The van der Waals surface area contributed by atoms with E-state index in [1.165, 1.54) is 12.3 Å². The number of carbonyl (C=O) groups excluding carboxylic acids is 1. The van der Waals surface area contributed by atoms with Gasteiger partial charge in [0.05, 0.1) is 6.26 Å². The van der Waals surface area contributed by atoms with Crippen LogP contribution in [0.3, 0.4) is 0 Å². The van der Waals surface area contributed by atoms with Gasteiger partial charge in [-0.25, -0.2) is 4.68 Å². The molecule has 23 heavy (non-hydrogen) atoms. The Morgan fingerprint density at radius 3 is 2.65 bits per heavy atom. The molecule has 1 N–H and O–H groups in total. The second-order valence-electron chi connectivity index (χ2n) is 5.11. The minimum absolute atomic E-state index is 0.165. The van der Waals surface area contributed by atoms with Crippen LogP contribution in [0.25, 0.3) is 11.5 Å². The molecule has 116 valence electrons. The topological polar surface area (TPSA) is 77.1 Å². The predicted octanol–water partition coefficient (Wildman–Crippen LogP) is 2.45. The standard InChI is InChI=1S/C17H15N3O3/c1-12-4-6-13(7-5-12)18-16(21)11-20-17(22)9-8-14(19-20)15-3-2-10-23-15/h2-10H,11H2,1H3,(H,18,21). The molecule has 1 amide bonds. The third-order valence-corrected chi connectivity index (χ3v) is 3.27. The van der Waals surface area contributed by atoms with Crippen molar-refractivity contribution in [2.75, 3.05) is 5.32 Å². The summed E-state index contributed by atoms with van der Waals surface area (Å²) >= 11 is 0. The van der Waals surface area contributed by atoms with Crippen LogP contribution >= 0.6 is 0 Å². The number of nitrogens with one attached hydrogen (secondary N) is 1. The van der Waals surface area contributed by atoms with Crippen LogP contribution in [0, 0.1) is 6.92 Å². The maximum absolute atomic E-state index is 12.1. The van der Waals surface area contributed by atoms with E-state index in [1.807, 2.05) is 31.2 Å². The number of hydrogen-bond acceptors (Lipinski definition) is 4. The summed E-state index contributed by atoms with van der Waals surface area (Å²) in [6.45, 7) is 1.80. The molecule has 6 nitrogen and oxygen atoms in total. The lowest BCUT2D eigenvalue weighted by atomic mass is 10.2. The lowest BCUT2D eigenvalue weighted by Crippen LogP contribution is -2.29. The Hall–Kier alpha value is -3.15. The average Bonchev–Trinajstić information content (AvgIpc) is 3.06. The molecule has 0 bridgehead atoms. The molecule has 0 radical (unpaired) electrons. The van der Waals surface area contributed by atoms with E-state index >= 15 is 0 Å². The van der Waals surface area contributed by atoms with E-state index in [4.69, 9.17) is 4.42 Å². The van der Waals surface area contributed by atoms with Crippen molar-refractivity contribution in [2.45, 2.75) is 13.5 Å². The van der Waals surface area contributed by atoms with Gasteiger partial charge < -0.3 is 9.73 Å². The molecule has 3 rings (SSSR count). The van der Waals surface area contributed by atoms with Gasteiger partial charge >= 0.3 is 0 Å². The largest absolute Gasteiger partial charge is 0.463 e. The summed E-state index contributed by atoms with van der Waals surface area (Å²) in [6.07, 6.45) is 1.52. The third kappa shape index (κ3) is 3.55. The zero-order valence-corrected chi connectivity index (χ0v) is 12.5. The first-order chi connectivity index (χ1) is 11.1. The molecule has 0 aliphatic carbocycles. The van der Waals surface area contributed by atoms with Gasteiger partial charge in [-0.3, -0.25) is 9.59 Å². The minimum atomic E-state index is -0.348. The third-order valence-electron chi connectivity index (χ3n) is 3.27. The summed E-state index contributed by atoms with van der Waals surface area (Å²) in [5, 5.41) is 6.90. The van der Waals surface area contributed by atoms with Gasteiger partial charge in [-0.05, 0) is 37.3 Å². The van der Waals surface area contributed by atoms with Gasteiger partial charge in [-0.15, -0.1) is 0 Å². The Morgan fingerprint density at radius 2 is 1.96 bits per heavy atom. The van der Waals surface area contributed by atoms with Crippen molar-refractivity contribution >= 4 is 11.6 Å². The Bertz CT molecular complexity index is 865. The second kappa shape index (κ2) is 6.31. The van der Waals surface area contributed by atoms with Crippen LogP contribution in [-0.4, -0.2) is 15.7 Å². The van der Waals surface area contributed by atoms with Crippen molar-refractivity contribution in [2.24, 2.45) is 0 Å². The van der Waals surface area contributed by atoms with Crippen molar-refractivity contribution in [1.29, 1.82) is 0 Å². The van der Waals surface area contributed by atoms with Gasteiger partial charge in [0, 0.05) is 11.8 Å². The van der Waals surface area contributed by atoms with Crippen molar-refractivity contribution < 1.29 is 9.21 Å². The van der Waals surface area contributed by atoms with Crippen LogP contribution in [0.15, 0.2) is 64.0 Å². The van der Waals surface area contributed by atoms with E-state index in [0.29, 0.717) is 17.1 Å². The quantitative estimate of drug-likeness (QED) is 0.803. The number of anilines is 1. The van der Waals surface area contributed by atoms with Gasteiger partial charge in [0.2, 0.25) is 5.91 Å². The summed E-state index contributed by atoms with van der Waals surface area (Å²) in [5.41, 5.74) is 1.93. The number of amides is 1. The van der Waals surface area contributed by atoms with Gasteiger partial charge in [-0.1, -0.05) is 17.7 Å². The first-order valence-corrected chi connectivity index (χ1v) is 7.10. The molecule has 0 unspecified atom stereocenters. The number of benzene rings is 1. The zero-order chi connectivity index (χ0) is 16.2. The maximum atomic E-state index is 12.1. The normalized spacial score (nSPS) is 10.5. The SMILES string of the molecule is Cc1ccc(NC(=O)Cn2nc(-c3ccco3)ccc2=O)cc1. The molecule has 1 aromatic carbocycles. The van der Waals surface area contributed by atoms with Crippen molar-refractivity contribution in [3.05, 3.63) is 70.7 Å². The fraction of sp³-hybridized carbons (Fsp3) is 0.118. The summed E-state index contributed by atoms with van der Waals surface area (Å²) in [6, 6.07) is 13.8.